The van der Waals surface area contributed by atoms with Gasteiger partial charge in [0.05, 0.1) is 12.6 Å². The minimum absolute atomic E-state index is 0.00774. The van der Waals surface area contributed by atoms with Crippen molar-refractivity contribution in [1.29, 1.82) is 0 Å². The summed E-state index contributed by atoms with van der Waals surface area (Å²) in [6, 6.07) is 16.5. The molecule has 0 amide bonds. The summed E-state index contributed by atoms with van der Waals surface area (Å²) in [5, 5.41) is 10.2. The lowest BCUT2D eigenvalue weighted by Gasteiger charge is -2.11. The fraction of sp³-hybridized carbons (Fsp3) is 0.0526. The molecule has 4 nitrogen and oxygen atoms in total. The quantitative estimate of drug-likeness (QED) is 0.791. The number of rotatable bonds is 4. The predicted molar refractivity (Wildman–Crippen MR) is 89.8 cm³/mol. The van der Waals surface area contributed by atoms with Gasteiger partial charge in [-0.15, -0.1) is 0 Å². The first-order valence-electron chi connectivity index (χ1n) is 7.07. The number of aromatic carboxylic acids is 1. The first-order chi connectivity index (χ1) is 11.1. The summed E-state index contributed by atoms with van der Waals surface area (Å²) >= 11 is 0. The van der Waals surface area contributed by atoms with Gasteiger partial charge in [-0.1, -0.05) is 36.9 Å². The van der Waals surface area contributed by atoms with E-state index in [0.29, 0.717) is 5.52 Å². The van der Waals surface area contributed by atoms with Gasteiger partial charge in [0.1, 0.15) is 11.4 Å². The van der Waals surface area contributed by atoms with E-state index in [1.165, 1.54) is 0 Å². The Bertz CT molecular complexity index is 898. The van der Waals surface area contributed by atoms with Gasteiger partial charge < -0.3 is 9.84 Å². The van der Waals surface area contributed by atoms with E-state index in [4.69, 9.17) is 4.74 Å². The van der Waals surface area contributed by atoms with E-state index in [0.717, 1.165) is 27.8 Å². The summed E-state index contributed by atoms with van der Waals surface area (Å²) in [4.78, 5) is 15.5. The number of carboxylic acids is 1. The first kappa shape index (κ1) is 14.8. The normalized spacial score (nSPS) is 10.5. The third-order valence-electron chi connectivity index (χ3n) is 3.70. The zero-order valence-corrected chi connectivity index (χ0v) is 12.6. The highest BCUT2D eigenvalue weighted by molar-refractivity contribution is 5.99. The Morgan fingerprint density at radius 2 is 1.83 bits per heavy atom. The number of fused-ring (bicyclic) bond motifs is 1. The van der Waals surface area contributed by atoms with E-state index in [-0.39, 0.29) is 5.69 Å². The highest BCUT2D eigenvalue weighted by atomic mass is 16.5. The van der Waals surface area contributed by atoms with Crippen LogP contribution in [0.1, 0.15) is 21.6 Å². The van der Waals surface area contributed by atoms with Crippen molar-refractivity contribution < 1.29 is 14.6 Å². The van der Waals surface area contributed by atoms with Crippen LogP contribution in [0.3, 0.4) is 0 Å². The van der Waals surface area contributed by atoms with Crippen LogP contribution in [0, 0.1) is 0 Å². The molecular formula is C19H15NO3. The van der Waals surface area contributed by atoms with Gasteiger partial charge in [0, 0.05) is 5.39 Å². The van der Waals surface area contributed by atoms with E-state index in [9.17, 15) is 9.90 Å². The van der Waals surface area contributed by atoms with Crippen molar-refractivity contribution >= 4 is 22.4 Å². The fourth-order valence-electron chi connectivity index (χ4n) is 2.48. The third kappa shape index (κ3) is 2.79. The maximum absolute atomic E-state index is 11.3. The van der Waals surface area contributed by atoms with Gasteiger partial charge >= 0.3 is 5.97 Å². The van der Waals surface area contributed by atoms with Crippen molar-refractivity contribution in [3.05, 3.63) is 78.0 Å². The number of pyridine rings is 1. The molecule has 0 saturated carbocycles. The highest BCUT2D eigenvalue weighted by Gasteiger charge is 2.13. The van der Waals surface area contributed by atoms with Crippen LogP contribution < -0.4 is 4.74 Å². The first-order valence-corrected chi connectivity index (χ1v) is 7.07. The molecule has 0 bridgehead atoms. The molecule has 0 unspecified atom stereocenters. The smallest absolute Gasteiger partial charge is 0.354 e. The van der Waals surface area contributed by atoms with Gasteiger partial charge in [0.25, 0.3) is 0 Å². The lowest BCUT2D eigenvalue weighted by atomic mass is 9.95. The van der Waals surface area contributed by atoms with Gasteiger partial charge in [-0.05, 0) is 41.0 Å². The Hall–Kier alpha value is -3.14. The molecule has 0 spiro atoms. The zero-order valence-electron chi connectivity index (χ0n) is 12.6. The number of hydrogen-bond donors (Lipinski definition) is 1. The van der Waals surface area contributed by atoms with Crippen molar-refractivity contribution in [3.63, 3.8) is 0 Å². The Morgan fingerprint density at radius 3 is 2.48 bits per heavy atom. The molecule has 1 heterocycles. The lowest BCUT2D eigenvalue weighted by Crippen LogP contribution is -2.02. The van der Waals surface area contributed by atoms with E-state index in [1.807, 2.05) is 42.5 Å². The molecule has 3 aromatic rings. The van der Waals surface area contributed by atoms with Crippen molar-refractivity contribution in [2.45, 2.75) is 0 Å². The molecular weight excluding hydrogens is 290 g/mol. The summed E-state index contributed by atoms with van der Waals surface area (Å²) in [5.74, 6) is -0.299. The van der Waals surface area contributed by atoms with Crippen LogP contribution in [-0.2, 0) is 0 Å². The lowest BCUT2D eigenvalue weighted by molar-refractivity contribution is 0.0691. The molecule has 0 atom stereocenters. The average molecular weight is 305 g/mol. The summed E-state index contributed by atoms with van der Waals surface area (Å²) in [5.41, 5.74) is 3.05. The van der Waals surface area contributed by atoms with Crippen molar-refractivity contribution in [2.75, 3.05) is 7.11 Å². The van der Waals surface area contributed by atoms with Crippen LogP contribution in [0.25, 0.3) is 16.5 Å². The van der Waals surface area contributed by atoms with Crippen LogP contribution in [0.5, 0.6) is 5.75 Å². The number of carboxylic acid groups (broad SMARTS) is 1. The average Bonchev–Trinajstić information content (AvgIpc) is 2.60. The SMILES string of the molecule is C=C(c1ccc(OC)cc1)c1cc(C(=O)O)nc2ccccc12. The number of hydrogen-bond acceptors (Lipinski definition) is 3. The van der Waals surface area contributed by atoms with E-state index < -0.39 is 5.97 Å². The van der Waals surface area contributed by atoms with Gasteiger partial charge in [0.15, 0.2) is 0 Å². The Labute approximate surface area is 133 Å². The number of nitrogens with zero attached hydrogens (tertiary/aromatic N) is 1. The van der Waals surface area contributed by atoms with E-state index in [1.54, 1.807) is 19.2 Å². The zero-order chi connectivity index (χ0) is 16.4. The molecule has 1 aromatic heterocycles. The molecule has 0 radical (unpaired) electrons. The van der Waals surface area contributed by atoms with Crippen LogP contribution in [0.15, 0.2) is 61.2 Å². The van der Waals surface area contributed by atoms with Crippen LogP contribution in [-0.4, -0.2) is 23.2 Å². The van der Waals surface area contributed by atoms with E-state index in [2.05, 4.69) is 11.6 Å². The number of benzene rings is 2. The Morgan fingerprint density at radius 1 is 1.13 bits per heavy atom. The highest BCUT2D eigenvalue weighted by Crippen LogP contribution is 2.29. The van der Waals surface area contributed by atoms with Gasteiger partial charge in [-0.2, -0.15) is 0 Å². The molecule has 0 fully saturated rings. The summed E-state index contributed by atoms with van der Waals surface area (Å²) in [6.07, 6.45) is 0. The van der Waals surface area contributed by atoms with Crippen LogP contribution in [0.4, 0.5) is 0 Å². The second-order valence-corrected chi connectivity index (χ2v) is 5.08. The molecule has 0 aliphatic heterocycles. The maximum atomic E-state index is 11.3. The topological polar surface area (TPSA) is 59.4 Å². The molecule has 0 aliphatic carbocycles. The summed E-state index contributed by atoms with van der Waals surface area (Å²) in [7, 11) is 1.61. The molecule has 114 valence electrons. The molecule has 1 N–H and O–H groups in total. The number of para-hydroxylation sites is 1. The molecule has 23 heavy (non-hydrogen) atoms. The predicted octanol–water partition coefficient (Wildman–Crippen LogP) is 4.00. The second kappa shape index (κ2) is 5.93. The summed E-state index contributed by atoms with van der Waals surface area (Å²) in [6.45, 7) is 4.14. The molecule has 2 aromatic carbocycles. The molecule has 0 saturated heterocycles. The van der Waals surface area contributed by atoms with Gasteiger partial charge in [-0.3, -0.25) is 0 Å². The van der Waals surface area contributed by atoms with Crippen LogP contribution in [0.2, 0.25) is 0 Å². The standard InChI is InChI=1S/C19H15NO3/c1-12(13-7-9-14(23-2)10-8-13)16-11-18(19(21)22)20-17-6-4-3-5-15(16)17/h3-11H,1H2,2H3,(H,21,22). The summed E-state index contributed by atoms with van der Waals surface area (Å²) < 4.78 is 5.16. The van der Waals surface area contributed by atoms with Gasteiger partial charge in [-0.25, -0.2) is 9.78 Å². The van der Waals surface area contributed by atoms with Crippen molar-refractivity contribution in [2.24, 2.45) is 0 Å². The number of methoxy groups -OCH3 is 1. The Balaban J connectivity index is 2.16. The fourth-order valence-corrected chi connectivity index (χ4v) is 2.48. The van der Waals surface area contributed by atoms with E-state index >= 15 is 0 Å². The molecule has 0 aliphatic rings. The molecule has 3 rings (SSSR count). The number of carbonyl (C=O) groups is 1. The maximum Gasteiger partial charge on any atom is 0.354 e. The number of aromatic nitrogens is 1. The van der Waals surface area contributed by atoms with Crippen LogP contribution >= 0.6 is 0 Å². The minimum Gasteiger partial charge on any atom is -0.497 e. The second-order valence-electron chi connectivity index (χ2n) is 5.08. The third-order valence-corrected chi connectivity index (χ3v) is 3.70. The minimum atomic E-state index is -1.06. The van der Waals surface area contributed by atoms with Crippen molar-refractivity contribution in [3.8, 4) is 5.75 Å². The van der Waals surface area contributed by atoms with Gasteiger partial charge in [0.2, 0.25) is 0 Å². The Kier molecular flexibility index (Phi) is 3.81. The van der Waals surface area contributed by atoms with Crippen molar-refractivity contribution in [1.82, 2.24) is 4.98 Å². The number of ether oxygens (including phenoxy) is 1. The largest absolute Gasteiger partial charge is 0.497 e. The monoisotopic (exact) mass is 305 g/mol. The molecule has 4 heteroatoms.